The number of nitrogens with zero attached hydrogens (tertiary/aromatic N) is 1. The molecule has 0 aromatic carbocycles. The standard InChI is InChI=1S/C19H40ClN/c1-4-6-7-8-9-10-11-12-13-14-15-16-17-18-19(20)21(3)5-2/h19H,4-18H2,1-3H3. The Bertz CT molecular complexity index is 196. The van der Waals surface area contributed by atoms with Crippen molar-refractivity contribution in [2.75, 3.05) is 13.6 Å². The summed E-state index contributed by atoms with van der Waals surface area (Å²) in [5, 5.41) is 0. The summed E-state index contributed by atoms with van der Waals surface area (Å²) in [4.78, 5) is 2.22. The van der Waals surface area contributed by atoms with Gasteiger partial charge in [-0.15, -0.1) is 11.6 Å². The number of unbranched alkanes of at least 4 members (excludes halogenated alkanes) is 12. The molecule has 0 saturated carbocycles. The first-order chi connectivity index (χ1) is 10.2. The van der Waals surface area contributed by atoms with E-state index >= 15 is 0 Å². The molecule has 0 N–H and O–H groups in total. The fraction of sp³-hybridized carbons (Fsp3) is 1.00. The second-order valence-electron chi connectivity index (χ2n) is 6.54. The molecule has 1 unspecified atom stereocenters. The minimum absolute atomic E-state index is 0.239. The molecule has 0 aliphatic rings. The van der Waals surface area contributed by atoms with E-state index in [1.54, 1.807) is 0 Å². The molecule has 128 valence electrons. The van der Waals surface area contributed by atoms with E-state index in [0.29, 0.717) is 0 Å². The lowest BCUT2D eigenvalue weighted by Crippen LogP contribution is -2.26. The van der Waals surface area contributed by atoms with Crippen LogP contribution in [0.25, 0.3) is 0 Å². The van der Waals surface area contributed by atoms with Crippen LogP contribution in [-0.4, -0.2) is 24.0 Å². The Morgan fingerprint density at radius 2 is 1.05 bits per heavy atom. The smallest absolute Gasteiger partial charge is 0.0847 e. The zero-order chi connectivity index (χ0) is 15.8. The van der Waals surface area contributed by atoms with Crippen LogP contribution >= 0.6 is 11.6 Å². The molecule has 0 fully saturated rings. The van der Waals surface area contributed by atoms with Gasteiger partial charge in [0.1, 0.15) is 0 Å². The third-order valence-corrected chi connectivity index (χ3v) is 5.07. The average Bonchev–Trinajstić information content (AvgIpc) is 2.50. The fourth-order valence-electron chi connectivity index (χ4n) is 2.75. The van der Waals surface area contributed by atoms with Gasteiger partial charge in [-0.05, 0) is 20.0 Å². The van der Waals surface area contributed by atoms with E-state index in [-0.39, 0.29) is 5.50 Å². The van der Waals surface area contributed by atoms with Crippen molar-refractivity contribution in [2.24, 2.45) is 0 Å². The maximum absolute atomic E-state index is 6.30. The van der Waals surface area contributed by atoms with Gasteiger partial charge in [0.25, 0.3) is 0 Å². The first-order valence-electron chi connectivity index (χ1n) is 9.56. The van der Waals surface area contributed by atoms with Crippen LogP contribution in [0.2, 0.25) is 0 Å². The second-order valence-corrected chi connectivity index (χ2v) is 7.04. The molecule has 0 aromatic heterocycles. The van der Waals surface area contributed by atoms with E-state index in [1.165, 1.54) is 83.5 Å². The maximum atomic E-state index is 6.30. The Morgan fingerprint density at radius 1 is 0.667 bits per heavy atom. The maximum Gasteiger partial charge on any atom is 0.0847 e. The molecule has 0 saturated heterocycles. The van der Waals surface area contributed by atoms with E-state index < -0.39 is 0 Å². The van der Waals surface area contributed by atoms with E-state index in [4.69, 9.17) is 11.6 Å². The number of hydrogen-bond acceptors (Lipinski definition) is 1. The van der Waals surface area contributed by atoms with Crippen LogP contribution < -0.4 is 0 Å². The molecule has 1 atom stereocenters. The van der Waals surface area contributed by atoms with Crippen molar-refractivity contribution in [3.63, 3.8) is 0 Å². The first-order valence-corrected chi connectivity index (χ1v) is 10.00. The normalized spacial score (nSPS) is 13.0. The van der Waals surface area contributed by atoms with Gasteiger partial charge in [-0.2, -0.15) is 0 Å². The number of halogens is 1. The van der Waals surface area contributed by atoms with Crippen molar-refractivity contribution < 1.29 is 0 Å². The van der Waals surface area contributed by atoms with Gasteiger partial charge in [0.2, 0.25) is 0 Å². The second kappa shape index (κ2) is 16.6. The predicted molar refractivity (Wildman–Crippen MR) is 98.3 cm³/mol. The van der Waals surface area contributed by atoms with Crippen molar-refractivity contribution in [2.45, 2.75) is 109 Å². The van der Waals surface area contributed by atoms with Crippen LogP contribution in [0, 0.1) is 0 Å². The summed E-state index contributed by atoms with van der Waals surface area (Å²) in [7, 11) is 2.11. The Labute approximate surface area is 139 Å². The highest BCUT2D eigenvalue weighted by molar-refractivity contribution is 6.20. The number of alkyl halides is 1. The lowest BCUT2D eigenvalue weighted by Gasteiger charge is -2.20. The van der Waals surface area contributed by atoms with Crippen LogP contribution in [0.5, 0.6) is 0 Å². The van der Waals surface area contributed by atoms with Crippen LogP contribution in [0.1, 0.15) is 104 Å². The van der Waals surface area contributed by atoms with Gasteiger partial charge < -0.3 is 0 Å². The molecular weight excluding hydrogens is 278 g/mol. The van der Waals surface area contributed by atoms with E-state index in [1.807, 2.05) is 0 Å². The van der Waals surface area contributed by atoms with Gasteiger partial charge in [0, 0.05) is 0 Å². The summed E-state index contributed by atoms with van der Waals surface area (Å²) in [6.07, 6.45) is 19.6. The molecule has 0 heterocycles. The Kier molecular flexibility index (Phi) is 16.8. The van der Waals surface area contributed by atoms with E-state index in [2.05, 4.69) is 25.8 Å². The van der Waals surface area contributed by atoms with Crippen molar-refractivity contribution in [3.8, 4) is 0 Å². The number of hydrogen-bond donors (Lipinski definition) is 0. The van der Waals surface area contributed by atoms with Gasteiger partial charge in [-0.25, -0.2) is 0 Å². The molecule has 0 aliphatic carbocycles. The molecule has 0 amide bonds. The van der Waals surface area contributed by atoms with Crippen molar-refractivity contribution in [1.29, 1.82) is 0 Å². The van der Waals surface area contributed by atoms with E-state index in [0.717, 1.165) is 13.0 Å². The Hall–Kier alpha value is 0.250. The fourth-order valence-corrected chi connectivity index (χ4v) is 3.04. The van der Waals surface area contributed by atoms with Crippen molar-refractivity contribution in [3.05, 3.63) is 0 Å². The topological polar surface area (TPSA) is 3.24 Å². The molecule has 2 heteroatoms. The van der Waals surface area contributed by atoms with Gasteiger partial charge in [-0.1, -0.05) is 97.3 Å². The van der Waals surface area contributed by atoms with Crippen molar-refractivity contribution in [1.82, 2.24) is 4.90 Å². The van der Waals surface area contributed by atoms with Crippen LogP contribution in [0.4, 0.5) is 0 Å². The highest BCUT2D eigenvalue weighted by atomic mass is 35.5. The Balaban J connectivity index is 3.09. The quantitative estimate of drug-likeness (QED) is 0.168. The largest absolute Gasteiger partial charge is 0.291 e. The summed E-state index contributed by atoms with van der Waals surface area (Å²) < 4.78 is 0. The molecule has 0 rings (SSSR count). The van der Waals surface area contributed by atoms with Crippen molar-refractivity contribution >= 4 is 11.6 Å². The molecule has 0 aromatic rings. The number of rotatable bonds is 16. The van der Waals surface area contributed by atoms with Crippen LogP contribution in [-0.2, 0) is 0 Å². The predicted octanol–water partition coefficient (Wildman–Crippen LogP) is 6.98. The molecule has 0 radical (unpaired) electrons. The summed E-state index contributed by atoms with van der Waals surface area (Å²) >= 11 is 6.30. The Morgan fingerprint density at radius 3 is 1.43 bits per heavy atom. The molecule has 0 aliphatic heterocycles. The third-order valence-electron chi connectivity index (χ3n) is 4.52. The van der Waals surface area contributed by atoms with Gasteiger partial charge in [0.05, 0.1) is 5.50 Å². The summed E-state index contributed by atoms with van der Waals surface area (Å²) in [6.45, 7) is 5.50. The molecule has 0 spiro atoms. The minimum Gasteiger partial charge on any atom is -0.291 e. The minimum atomic E-state index is 0.239. The highest BCUT2D eigenvalue weighted by Gasteiger charge is 2.07. The summed E-state index contributed by atoms with van der Waals surface area (Å²) in [5.41, 5.74) is 0.239. The van der Waals surface area contributed by atoms with Gasteiger partial charge in [0.15, 0.2) is 0 Å². The van der Waals surface area contributed by atoms with Crippen LogP contribution in [0.3, 0.4) is 0 Å². The molecule has 0 bridgehead atoms. The summed E-state index contributed by atoms with van der Waals surface area (Å²) in [5.74, 6) is 0. The highest BCUT2D eigenvalue weighted by Crippen LogP contribution is 2.15. The van der Waals surface area contributed by atoms with E-state index in [9.17, 15) is 0 Å². The molecule has 1 nitrogen and oxygen atoms in total. The van der Waals surface area contributed by atoms with Crippen LogP contribution in [0.15, 0.2) is 0 Å². The van der Waals surface area contributed by atoms with Gasteiger partial charge >= 0.3 is 0 Å². The zero-order valence-electron chi connectivity index (χ0n) is 15.0. The first kappa shape index (κ1) is 21.2. The monoisotopic (exact) mass is 317 g/mol. The lowest BCUT2D eigenvalue weighted by molar-refractivity contribution is 0.306. The zero-order valence-corrected chi connectivity index (χ0v) is 15.8. The molecular formula is C19H40ClN. The summed E-state index contributed by atoms with van der Waals surface area (Å²) in [6, 6.07) is 0. The average molecular weight is 318 g/mol. The van der Waals surface area contributed by atoms with Gasteiger partial charge in [-0.3, -0.25) is 4.90 Å². The third kappa shape index (κ3) is 14.9. The SMILES string of the molecule is CCCCCCCCCCCCCCCC(Cl)N(C)CC. The molecule has 21 heavy (non-hydrogen) atoms. The lowest BCUT2D eigenvalue weighted by atomic mass is 10.0.